The van der Waals surface area contributed by atoms with Gasteiger partial charge >= 0.3 is 18.1 Å². The molecule has 0 fully saturated rings. The normalized spacial score (nSPS) is 13.1. The molecular formula is C15H13BrF3NO4. The summed E-state index contributed by atoms with van der Waals surface area (Å²) in [5.41, 5.74) is 0.202. The maximum absolute atomic E-state index is 13.7. The number of carbonyl (C=O) groups excluding carboxylic acids is 2. The summed E-state index contributed by atoms with van der Waals surface area (Å²) in [5.74, 6) is -7.17. The second-order valence-corrected chi connectivity index (χ2v) is 5.89. The average molecular weight is 408 g/mol. The molecule has 0 aliphatic heterocycles. The molecule has 5 nitrogen and oxygen atoms in total. The average Bonchev–Trinajstić information content (AvgIpc) is 2.92. The lowest BCUT2D eigenvalue weighted by Gasteiger charge is -2.25. The van der Waals surface area contributed by atoms with Crippen molar-refractivity contribution >= 4 is 38.8 Å². The number of rotatable bonds is 4. The number of benzene rings is 1. The summed E-state index contributed by atoms with van der Waals surface area (Å²) in [6.45, 7) is 0. The first-order valence-corrected chi connectivity index (χ1v) is 7.49. The van der Waals surface area contributed by atoms with Gasteiger partial charge in [0.05, 0.1) is 14.2 Å². The molecule has 2 aromatic rings. The zero-order chi connectivity index (χ0) is 18.1. The standard InChI is InChI=1S/C15H13BrF3NO4/c1-23-13(21)11(14(22)24-2)12(15(17,18)19)9-6-20-10-5-7(16)3-4-8(9)10/h3-6,11-12,20H,1-2H3/t12-/m0/s1. The van der Waals surface area contributed by atoms with Crippen LogP contribution in [-0.2, 0) is 19.1 Å². The number of nitrogens with one attached hydrogen (secondary N) is 1. The predicted molar refractivity (Wildman–Crippen MR) is 82.3 cm³/mol. The SMILES string of the molecule is COC(=O)C(C(=O)OC)[C@H](c1c[nH]c2cc(Br)ccc12)C(F)(F)F. The third kappa shape index (κ3) is 3.40. The first-order valence-electron chi connectivity index (χ1n) is 6.69. The van der Waals surface area contributed by atoms with Crippen molar-refractivity contribution in [2.24, 2.45) is 5.92 Å². The van der Waals surface area contributed by atoms with Crippen LogP contribution in [0.25, 0.3) is 10.9 Å². The third-order valence-corrected chi connectivity index (χ3v) is 4.10. The summed E-state index contributed by atoms with van der Waals surface area (Å²) in [6, 6.07) is 4.63. The highest BCUT2D eigenvalue weighted by Gasteiger charge is 2.53. The van der Waals surface area contributed by atoms with Gasteiger partial charge in [0.1, 0.15) is 5.92 Å². The number of halogens is 4. The highest BCUT2D eigenvalue weighted by Crippen LogP contribution is 2.44. The van der Waals surface area contributed by atoms with E-state index in [1.54, 1.807) is 12.1 Å². The Kier molecular flexibility index (Phi) is 5.22. The molecule has 0 aliphatic carbocycles. The number of hydrogen-bond donors (Lipinski definition) is 1. The summed E-state index contributed by atoms with van der Waals surface area (Å²) in [4.78, 5) is 26.4. The molecule has 2 rings (SSSR count). The molecule has 0 saturated carbocycles. The number of ether oxygens (including phenoxy) is 2. The van der Waals surface area contributed by atoms with E-state index in [9.17, 15) is 22.8 Å². The van der Waals surface area contributed by atoms with E-state index in [0.717, 1.165) is 20.4 Å². The highest BCUT2D eigenvalue weighted by molar-refractivity contribution is 9.10. The van der Waals surface area contributed by atoms with E-state index in [1.165, 1.54) is 6.07 Å². The van der Waals surface area contributed by atoms with Crippen LogP contribution in [-0.4, -0.2) is 37.3 Å². The minimum atomic E-state index is -4.87. The first-order chi connectivity index (χ1) is 11.2. The van der Waals surface area contributed by atoms with Crippen LogP contribution in [0.3, 0.4) is 0 Å². The fourth-order valence-electron chi connectivity index (χ4n) is 2.55. The molecular weight excluding hydrogens is 395 g/mol. The molecule has 0 aliphatic rings. The van der Waals surface area contributed by atoms with Gasteiger partial charge in [0, 0.05) is 21.6 Å². The van der Waals surface area contributed by atoms with E-state index in [0.29, 0.717) is 9.99 Å². The number of fused-ring (bicyclic) bond motifs is 1. The second kappa shape index (κ2) is 6.84. The Labute approximate surface area is 143 Å². The molecule has 0 unspecified atom stereocenters. The zero-order valence-electron chi connectivity index (χ0n) is 12.6. The van der Waals surface area contributed by atoms with Gasteiger partial charge in [-0.15, -0.1) is 0 Å². The fraction of sp³-hybridized carbons (Fsp3) is 0.333. The lowest BCUT2D eigenvalue weighted by molar-refractivity contribution is -0.187. The van der Waals surface area contributed by atoms with Gasteiger partial charge in [-0.3, -0.25) is 9.59 Å². The molecule has 0 radical (unpaired) electrons. The number of methoxy groups -OCH3 is 2. The second-order valence-electron chi connectivity index (χ2n) is 4.98. The Morgan fingerprint density at radius 3 is 2.25 bits per heavy atom. The van der Waals surface area contributed by atoms with E-state index >= 15 is 0 Å². The van der Waals surface area contributed by atoms with E-state index in [1.807, 2.05) is 0 Å². The lowest BCUT2D eigenvalue weighted by atomic mass is 9.85. The van der Waals surface area contributed by atoms with Gasteiger partial charge in [-0.05, 0) is 17.7 Å². The number of hydrogen-bond acceptors (Lipinski definition) is 4. The van der Waals surface area contributed by atoms with Gasteiger partial charge in [-0.1, -0.05) is 22.0 Å². The van der Waals surface area contributed by atoms with Crippen molar-refractivity contribution in [3.8, 4) is 0 Å². The van der Waals surface area contributed by atoms with Gasteiger partial charge in [0.15, 0.2) is 5.92 Å². The Morgan fingerprint density at radius 2 is 1.75 bits per heavy atom. The molecule has 1 heterocycles. The van der Waals surface area contributed by atoms with E-state index in [2.05, 4.69) is 30.4 Å². The van der Waals surface area contributed by atoms with Crippen molar-refractivity contribution in [3.05, 3.63) is 34.4 Å². The molecule has 0 amide bonds. The number of esters is 2. The molecule has 130 valence electrons. The monoisotopic (exact) mass is 407 g/mol. The fourth-order valence-corrected chi connectivity index (χ4v) is 2.91. The Balaban J connectivity index is 2.67. The molecule has 9 heteroatoms. The van der Waals surface area contributed by atoms with Crippen molar-refractivity contribution in [1.29, 1.82) is 0 Å². The molecule has 0 bridgehead atoms. The lowest BCUT2D eigenvalue weighted by Crippen LogP contribution is -2.39. The van der Waals surface area contributed by atoms with Crippen molar-refractivity contribution in [3.63, 3.8) is 0 Å². The van der Waals surface area contributed by atoms with Crippen LogP contribution < -0.4 is 0 Å². The maximum atomic E-state index is 13.7. The van der Waals surface area contributed by atoms with Crippen LogP contribution in [0, 0.1) is 5.92 Å². The maximum Gasteiger partial charge on any atom is 0.397 e. The van der Waals surface area contributed by atoms with E-state index in [4.69, 9.17) is 0 Å². The van der Waals surface area contributed by atoms with Crippen LogP contribution in [0.4, 0.5) is 13.2 Å². The van der Waals surface area contributed by atoms with E-state index < -0.39 is 30.0 Å². The highest BCUT2D eigenvalue weighted by atomic mass is 79.9. The van der Waals surface area contributed by atoms with Crippen molar-refractivity contribution in [2.45, 2.75) is 12.1 Å². The van der Waals surface area contributed by atoms with Gasteiger partial charge in [-0.2, -0.15) is 13.2 Å². The van der Waals surface area contributed by atoms with Gasteiger partial charge in [0.25, 0.3) is 0 Å². The summed E-state index contributed by atoms with van der Waals surface area (Å²) >= 11 is 3.23. The number of H-pyrrole nitrogens is 1. The third-order valence-electron chi connectivity index (χ3n) is 3.61. The van der Waals surface area contributed by atoms with Crippen LogP contribution in [0.1, 0.15) is 11.5 Å². The molecule has 1 aromatic heterocycles. The topological polar surface area (TPSA) is 68.4 Å². The quantitative estimate of drug-likeness (QED) is 0.621. The predicted octanol–water partition coefficient (Wildman–Crippen LogP) is 3.54. The summed E-state index contributed by atoms with van der Waals surface area (Å²) in [7, 11) is 1.83. The number of aromatic amines is 1. The van der Waals surface area contributed by atoms with Crippen LogP contribution in [0.15, 0.2) is 28.9 Å². The summed E-state index contributed by atoms with van der Waals surface area (Å²) in [5, 5.41) is 0.248. The van der Waals surface area contributed by atoms with Crippen molar-refractivity contribution in [1.82, 2.24) is 4.98 Å². The van der Waals surface area contributed by atoms with Crippen molar-refractivity contribution < 1.29 is 32.2 Å². The smallest absolute Gasteiger partial charge is 0.397 e. The Morgan fingerprint density at radius 1 is 1.17 bits per heavy atom. The number of aromatic nitrogens is 1. The molecule has 0 saturated heterocycles. The van der Waals surface area contributed by atoms with Gasteiger partial charge in [0.2, 0.25) is 0 Å². The van der Waals surface area contributed by atoms with Gasteiger partial charge in [-0.25, -0.2) is 0 Å². The summed E-state index contributed by atoms with van der Waals surface area (Å²) in [6.07, 6.45) is -3.73. The number of alkyl halides is 3. The summed E-state index contributed by atoms with van der Waals surface area (Å²) < 4.78 is 50.5. The Hall–Kier alpha value is -2.03. The van der Waals surface area contributed by atoms with Crippen molar-refractivity contribution in [2.75, 3.05) is 14.2 Å². The Bertz CT molecular complexity index is 756. The first kappa shape index (κ1) is 18.3. The molecule has 24 heavy (non-hydrogen) atoms. The molecule has 1 N–H and O–H groups in total. The van der Waals surface area contributed by atoms with Crippen LogP contribution in [0.2, 0.25) is 0 Å². The van der Waals surface area contributed by atoms with Gasteiger partial charge < -0.3 is 14.5 Å². The minimum absolute atomic E-state index is 0.231. The molecule has 1 atom stereocenters. The van der Waals surface area contributed by atoms with Crippen LogP contribution >= 0.6 is 15.9 Å². The van der Waals surface area contributed by atoms with E-state index in [-0.39, 0.29) is 10.9 Å². The minimum Gasteiger partial charge on any atom is -0.468 e. The molecule has 0 spiro atoms. The van der Waals surface area contributed by atoms with Crippen LogP contribution in [0.5, 0.6) is 0 Å². The zero-order valence-corrected chi connectivity index (χ0v) is 14.2. The largest absolute Gasteiger partial charge is 0.468 e. The molecule has 1 aromatic carbocycles. The number of carbonyl (C=O) groups is 2.